The van der Waals surface area contributed by atoms with Crippen molar-refractivity contribution in [1.82, 2.24) is 4.90 Å². The van der Waals surface area contributed by atoms with E-state index in [-0.39, 0.29) is 30.4 Å². The normalized spacial score (nSPS) is 10.1. The van der Waals surface area contributed by atoms with Crippen molar-refractivity contribution in [2.75, 3.05) is 20.2 Å². The fraction of sp³-hybridized carbons (Fsp3) is 0.300. The molecule has 0 aliphatic heterocycles. The maximum atomic E-state index is 11.8. The summed E-state index contributed by atoms with van der Waals surface area (Å²) in [5, 5.41) is 18.2. The van der Waals surface area contributed by atoms with Crippen LogP contribution in [-0.4, -0.2) is 41.2 Å². The quantitative estimate of drug-likeness (QED) is 0.819. The first-order chi connectivity index (χ1) is 7.06. The van der Waals surface area contributed by atoms with E-state index in [1.165, 1.54) is 11.0 Å². The van der Waals surface area contributed by atoms with E-state index in [0.717, 1.165) is 3.57 Å². The summed E-state index contributed by atoms with van der Waals surface area (Å²) in [6.45, 7) is 0.163. The number of phenolic OH excluding ortho intramolecular Hbond substituents is 1. The molecule has 0 aliphatic rings. The zero-order chi connectivity index (χ0) is 11.4. The van der Waals surface area contributed by atoms with E-state index in [1.807, 2.05) is 0 Å². The molecule has 4 nitrogen and oxygen atoms in total. The second-order valence-corrected chi connectivity index (χ2v) is 4.36. The van der Waals surface area contributed by atoms with Crippen molar-refractivity contribution < 1.29 is 15.0 Å². The molecular weight excluding hydrogens is 309 g/mol. The lowest BCUT2D eigenvalue weighted by Gasteiger charge is -2.16. The van der Waals surface area contributed by atoms with Crippen LogP contribution in [0.1, 0.15) is 10.4 Å². The number of hydrogen-bond acceptors (Lipinski definition) is 3. The van der Waals surface area contributed by atoms with Crippen molar-refractivity contribution in [1.29, 1.82) is 0 Å². The zero-order valence-corrected chi connectivity index (χ0v) is 10.4. The predicted octanol–water partition coefficient (Wildman–Crippen LogP) is 1.06. The maximum absolute atomic E-state index is 11.8. The van der Waals surface area contributed by atoms with Gasteiger partial charge in [-0.05, 0) is 40.8 Å². The monoisotopic (exact) mass is 321 g/mol. The summed E-state index contributed by atoms with van der Waals surface area (Å²) in [6.07, 6.45) is 0. The number of carbonyl (C=O) groups excluding carboxylic acids is 1. The molecule has 0 bridgehead atoms. The van der Waals surface area contributed by atoms with Gasteiger partial charge in [0.15, 0.2) is 0 Å². The molecule has 2 N–H and O–H groups in total. The summed E-state index contributed by atoms with van der Waals surface area (Å²) in [7, 11) is 1.58. The van der Waals surface area contributed by atoms with E-state index in [9.17, 15) is 9.90 Å². The van der Waals surface area contributed by atoms with Crippen molar-refractivity contribution in [2.24, 2.45) is 0 Å². The summed E-state index contributed by atoms with van der Waals surface area (Å²) >= 11 is 2.07. The Balaban J connectivity index is 2.95. The first kappa shape index (κ1) is 12.3. The second kappa shape index (κ2) is 5.32. The number of benzene rings is 1. The summed E-state index contributed by atoms with van der Waals surface area (Å²) in [4.78, 5) is 13.1. The lowest BCUT2D eigenvalue weighted by molar-refractivity contribution is 0.0764. The minimum atomic E-state index is -0.292. The molecule has 0 atom stereocenters. The molecule has 0 saturated carbocycles. The molecule has 0 fully saturated rings. The van der Waals surface area contributed by atoms with Crippen molar-refractivity contribution >= 4 is 28.5 Å². The first-order valence-electron chi connectivity index (χ1n) is 4.41. The molecule has 1 aromatic carbocycles. The molecule has 5 heteroatoms. The number of hydrogen-bond donors (Lipinski definition) is 2. The van der Waals surface area contributed by atoms with E-state index in [0.29, 0.717) is 0 Å². The van der Waals surface area contributed by atoms with Crippen molar-refractivity contribution in [3.63, 3.8) is 0 Å². The molecule has 1 aromatic rings. The predicted molar refractivity (Wildman–Crippen MR) is 64.9 cm³/mol. The molecule has 0 aromatic heterocycles. The molecule has 0 spiro atoms. The highest BCUT2D eigenvalue weighted by Gasteiger charge is 2.15. The summed E-state index contributed by atoms with van der Waals surface area (Å²) in [6, 6.07) is 4.83. The standard InChI is InChI=1S/C10H12INO3/c1-12(4-5-13)10(15)8-6-7(11)2-3-9(8)14/h2-3,6,13-14H,4-5H2,1H3. The van der Waals surface area contributed by atoms with Crippen molar-refractivity contribution in [3.8, 4) is 5.75 Å². The van der Waals surface area contributed by atoms with E-state index in [1.54, 1.807) is 19.2 Å². The third-order valence-electron chi connectivity index (χ3n) is 1.97. The first-order valence-corrected chi connectivity index (χ1v) is 5.49. The van der Waals surface area contributed by atoms with Crippen molar-refractivity contribution in [2.45, 2.75) is 0 Å². The largest absolute Gasteiger partial charge is 0.507 e. The summed E-state index contributed by atoms with van der Waals surface area (Å²) in [5.74, 6) is -0.328. The van der Waals surface area contributed by atoms with Gasteiger partial charge in [0.1, 0.15) is 5.75 Å². The molecule has 82 valence electrons. The van der Waals surface area contributed by atoms with Crippen LogP contribution in [0.15, 0.2) is 18.2 Å². The Morgan fingerprint density at radius 1 is 1.53 bits per heavy atom. The van der Waals surface area contributed by atoms with Crippen LogP contribution >= 0.6 is 22.6 Å². The lowest BCUT2D eigenvalue weighted by Crippen LogP contribution is -2.29. The molecule has 15 heavy (non-hydrogen) atoms. The third-order valence-corrected chi connectivity index (χ3v) is 2.64. The number of phenols is 1. The second-order valence-electron chi connectivity index (χ2n) is 3.11. The number of amides is 1. The van der Waals surface area contributed by atoms with Gasteiger partial charge in [0.2, 0.25) is 0 Å². The topological polar surface area (TPSA) is 60.8 Å². The molecule has 0 aliphatic carbocycles. The fourth-order valence-corrected chi connectivity index (χ4v) is 1.63. The molecule has 0 saturated heterocycles. The Morgan fingerprint density at radius 3 is 2.80 bits per heavy atom. The van der Waals surface area contributed by atoms with Crippen LogP contribution in [0.5, 0.6) is 5.75 Å². The van der Waals surface area contributed by atoms with Gasteiger partial charge in [0.25, 0.3) is 5.91 Å². The number of carbonyl (C=O) groups is 1. The molecule has 0 radical (unpaired) electrons. The number of aromatic hydroxyl groups is 1. The Labute approximate surface area is 102 Å². The summed E-state index contributed by atoms with van der Waals surface area (Å²) in [5.41, 5.74) is 0.262. The number of likely N-dealkylation sites (N-methyl/N-ethyl adjacent to an activating group) is 1. The number of halogens is 1. The lowest BCUT2D eigenvalue weighted by atomic mass is 10.2. The van der Waals surface area contributed by atoms with Crippen LogP contribution in [0.3, 0.4) is 0 Å². The molecule has 0 heterocycles. The Hall–Kier alpha value is -0.820. The average Bonchev–Trinajstić information content (AvgIpc) is 2.21. The van der Waals surface area contributed by atoms with Crippen LogP contribution in [0.4, 0.5) is 0 Å². The Bertz CT molecular complexity index is 368. The fourth-order valence-electron chi connectivity index (χ4n) is 1.14. The average molecular weight is 321 g/mol. The van der Waals surface area contributed by atoms with Crippen LogP contribution in [-0.2, 0) is 0 Å². The minimum absolute atomic E-state index is 0.0368. The molecular formula is C10H12INO3. The van der Waals surface area contributed by atoms with Gasteiger partial charge < -0.3 is 15.1 Å². The third kappa shape index (κ3) is 3.07. The van der Waals surface area contributed by atoms with Gasteiger partial charge >= 0.3 is 0 Å². The number of aliphatic hydroxyl groups excluding tert-OH is 1. The number of rotatable bonds is 3. The van der Waals surface area contributed by atoms with E-state index < -0.39 is 0 Å². The van der Waals surface area contributed by atoms with Gasteiger partial charge in [-0.15, -0.1) is 0 Å². The highest BCUT2D eigenvalue weighted by Crippen LogP contribution is 2.20. The van der Waals surface area contributed by atoms with Gasteiger partial charge in [-0.25, -0.2) is 0 Å². The van der Waals surface area contributed by atoms with Crippen molar-refractivity contribution in [3.05, 3.63) is 27.3 Å². The molecule has 1 amide bonds. The van der Waals surface area contributed by atoms with Crippen LogP contribution in [0.2, 0.25) is 0 Å². The van der Waals surface area contributed by atoms with E-state index in [2.05, 4.69) is 22.6 Å². The Morgan fingerprint density at radius 2 is 2.20 bits per heavy atom. The van der Waals surface area contributed by atoms with E-state index >= 15 is 0 Å². The van der Waals surface area contributed by atoms with E-state index in [4.69, 9.17) is 5.11 Å². The van der Waals surface area contributed by atoms with Gasteiger partial charge in [-0.3, -0.25) is 4.79 Å². The van der Waals surface area contributed by atoms with Gasteiger partial charge in [-0.2, -0.15) is 0 Å². The highest BCUT2D eigenvalue weighted by atomic mass is 127. The maximum Gasteiger partial charge on any atom is 0.257 e. The Kier molecular flexibility index (Phi) is 4.34. The van der Waals surface area contributed by atoms with Crippen LogP contribution in [0, 0.1) is 3.57 Å². The number of aliphatic hydroxyl groups is 1. The van der Waals surface area contributed by atoms with Gasteiger partial charge in [-0.1, -0.05) is 0 Å². The van der Waals surface area contributed by atoms with Crippen LogP contribution in [0.25, 0.3) is 0 Å². The smallest absolute Gasteiger partial charge is 0.257 e. The summed E-state index contributed by atoms with van der Waals surface area (Å²) < 4.78 is 0.881. The SMILES string of the molecule is CN(CCO)C(=O)c1cc(I)ccc1O. The van der Waals surface area contributed by atoms with Crippen LogP contribution < -0.4 is 0 Å². The molecule has 1 rings (SSSR count). The number of nitrogens with zero attached hydrogens (tertiary/aromatic N) is 1. The van der Waals surface area contributed by atoms with Gasteiger partial charge in [0, 0.05) is 17.2 Å². The molecule has 0 unspecified atom stereocenters. The minimum Gasteiger partial charge on any atom is -0.507 e. The van der Waals surface area contributed by atoms with Gasteiger partial charge in [0.05, 0.1) is 12.2 Å². The highest BCUT2D eigenvalue weighted by molar-refractivity contribution is 14.1. The zero-order valence-electron chi connectivity index (χ0n) is 8.27.